The lowest BCUT2D eigenvalue weighted by Gasteiger charge is -2.11. The van der Waals surface area contributed by atoms with Gasteiger partial charge in [-0.3, -0.25) is 0 Å². The van der Waals surface area contributed by atoms with E-state index < -0.39 is 0 Å². The van der Waals surface area contributed by atoms with Gasteiger partial charge in [-0.15, -0.1) is 0 Å². The van der Waals surface area contributed by atoms with E-state index in [1.54, 1.807) is 13.3 Å². The van der Waals surface area contributed by atoms with Crippen LogP contribution in [0.1, 0.15) is 24.0 Å². The molecule has 0 radical (unpaired) electrons. The van der Waals surface area contributed by atoms with Crippen LogP contribution < -0.4 is 10.1 Å². The number of benzene rings is 1. The highest BCUT2D eigenvalue weighted by Crippen LogP contribution is 2.25. The maximum Gasteiger partial charge on any atom is 0.223 e. The zero-order valence-corrected chi connectivity index (χ0v) is 12.2. The minimum atomic E-state index is 0.579. The lowest BCUT2D eigenvalue weighted by atomic mass is 10.2. The fourth-order valence-electron chi connectivity index (χ4n) is 2.17. The molecule has 1 aliphatic carbocycles. The first-order valence-electron chi connectivity index (χ1n) is 7.28. The molecule has 0 spiro atoms. The summed E-state index contributed by atoms with van der Waals surface area (Å²) < 4.78 is 11.1. The van der Waals surface area contributed by atoms with Crippen LogP contribution in [0.5, 0.6) is 11.6 Å². The summed E-state index contributed by atoms with van der Waals surface area (Å²) in [6.07, 6.45) is 4.31. The van der Waals surface area contributed by atoms with Gasteiger partial charge in [0.1, 0.15) is 5.75 Å². The van der Waals surface area contributed by atoms with Crippen molar-refractivity contribution >= 4 is 0 Å². The van der Waals surface area contributed by atoms with Gasteiger partial charge >= 0.3 is 0 Å². The molecule has 1 aliphatic rings. The first-order chi connectivity index (χ1) is 10.3. The zero-order valence-electron chi connectivity index (χ0n) is 12.2. The molecule has 4 nitrogen and oxygen atoms in total. The van der Waals surface area contributed by atoms with Gasteiger partial charge < -0.3 is 14.8 Å². The van der Waals surface area contributed by atoms with Crippen molar-refractivity contribution in [3.05, 3.63) is 53.7 Å². The Bertz CT molecular complexity index is 597. The molecule has 110 valence electrons. The average molecular weight is 284 g/mol. The second-order valence-corrected chi connectivity index (χ2v) is 5.31. The van der Waals surface area contributed by atoms with Gasteiger partial charge in [0, 0.05) is 31.5 Å². The van der Waals surface area contributed by atoms with Gasteiger partial charge in [0.2, 0.25) is 5.88 Å². The molecular formula is C17H20N2O2. The summed E-state index contributed by atoms with van der Waals surface area (Å²) in [6, 6.07) is 12.6. The molecule has 0 aliphatic heterocycles. The van der Waals surface area contributed by atoms with Crippen LogP contribution in [0, 0.1) is 0 Å². The van der Waals surface area contributed by atoms with Crippen molar-refractivity contribution < 1.29 is 9.47 Å². The summed E-state index contributed by atoms with van der Waals surface area (Å²) in [5, 5.41) is 3.49. The Morgan fingerprint density at radius 1 is 1.24 bits per heavy atom. The third kappa shape index (κ3) is 4.03. The van der Waals surface area contributed by atoms with E-state index in [9.17, 15) is 0 Å². The number of nitrogens with zero attached hydrogens (tertiary/aromatic N) is 1. The van der Waals surface area contributed by atoms with E-state index in [-0.39, 0.29) is 0 Å². The van der Waals surface area contributed by atoms with Crippen molar-refractivity contribution in [2.24, 2.45) is 0 Å². The quantitative estimate of drug-likeness (QED) is 0.847. The molecule has 0 amide bonds. The van der Waals surface area contributed by atoms with Gasteiger partial charge in [-0.25, -0.2) is 4.98 Å². The molecule has 1 aromatic heterocycles. The lowest BCUT2D eigenvalue weighted by molar-refractivity contribution is 0.184. The van der Waals surface area contributed by atoms with Crippen molar-refractivity contribution in [3.8, 4) is 11.6 Å². The SMILES string of the molecule is COCc1cccc(Oc2ncccc2CNC2CC2)c1. The summed E-state index contributed by atoms with van der Waals surface area (Å²) in [7, 11) is 1.69. The van der Waals surface area contributed by atoms with Crippen LogP contribution in [0.4, 0.5) is 0 Å². The number of hydrogen-bond acceptors (Lipinski definition) is 4. The summed E-state index contributed by atoms with van der Waals surface area (Å²) in [6.45, 7) is 1.38. The molecule has 1 saturated carbocycles. The fourth-order valence-corrected chi connectivity index (χ4v) is 2.17. The van der Waals surface area contributed by atoms with Crippen molar-refractivity contribution in [2.45, 2.75) is 32.0 Å². The molecule has 0 bridgehead atoms. The van der Waals surface area contributed by atoms with Gasteiger partial charge in [0.15, 0.2) is 0 Å². The number of rotatable bonds is 7. The maximum absolute atomic E-state index is 5.94. The topological polar surface area (TPSA) is 43.4 Å². The molecule has 1 heterocycles. The molecule has 3 rings (SSSR count). The van der Waals surface area contributed by atoms with Crippen LogP contribution in [0.3, 0.4) is 0 Å². The monoisotopic (exact) mass is 284 g/mol. The standard InChI is InChI=1S/C17H20N2O2/c1-20-12-13-4-2-6-16(10-13)21-17-14(5-3-9-18-17)11-19-15-7-8-15/h2-6,9-10,15,19H,7-8,11-12H2,1H3. The number of hydrogen-bond donors (Lipinski definition) is 1. The Balaban J connectivity index is 1.72. The smallest absolute Gasteiger partial charge is 0.223 e. The maximum atomic E-state index is 5.94. The third-order valence-corrected chi connectivity index (χ3v) is 3.43. The summed E-state index contributed by atoms with van der Waals surface area (Å²) >= 11 is 0. The molecular weight excluding hydrogens is 264 g/mol. The van der Waals surface area contributed by atoms with Gasteiger partial charge in [0.05, 0.1) is 6.61 Å². The van der Waals surface area contributed by atoms with Crippen LogP contribution in [0.15, 0.2) is 42.6 Å². The fraction of sp³-hybridized carbons (Fsp3) is 0.353. The lowest BCUT2D eigenvalue weighted by Crippen LogP contribution is -2.16. The van der Waals surface area contributed by atoms with Crippen molar-refractivity contribution in [1.29, 1.82) is 0 Å². The average Bonchev–Trinajstić information content (AvgIpc) is 3.31. The highest BCUT2D eigenvalue weighted by atomic mass is 16.5. The van der Waals surface area contributed by atoms with E-state index in [0.717, 1.165) is 23.4 Å². The molecule has 0 unspecified atom stereocenters. The second kappa shape index (κ2) is 6.70. The van der Waals surface area contributed by atoms with Crippen LogP contribution in [0.25, 0.3) is 0 Å². The predicted octanol–water partition coefficient (Wildman–Crippen LogP) is 3.27. The molecule has 1 N–H and O–H groups in total. The number of methoxy groups -OCH3 is 1. The van der Waals surface area contributed by atoms with Crippen molar-refractivity contribution in [1.82, 2.24) is 10.3 Å². The molecule has 1 aromatic carbocycles. The summed E-state index contributed by atoms with van der Waals surface area (Å²) in [5.74, 6) is 1.45. The van der Waals surface area contributed by atoms with Crippen LogP contribution in [-0.2, 0) is 17.9 Å². The summed E-state index contributed by atoms with van der Waals surface area (Å²) in [4.78, 5) is 4.35. The minimum Gasteiger partial charge on any atom is -0.439 e. The first kappa shape index (κ1) is 14.0. The molecule has 4 heteroatoms. The van der Waals surface area contributed by atoms with Crippen LogP contribution in [-0.4, -0.2) is 18.1 Å². The molecule has 0 saturated heterocycles. The van der Waals surface area contributed by atoms with E-state index in [1.165, 1.54) is 12.8 Å². The highest BCUT2D eigenvalue weighted by Gasteiger charge is 2.20. The molecule has 1 fully saturated rings. The van der Waals surface area contributed by atoms with E-state index in [4.69, 9.17) is 9.47 Å². The normalized spacial score (nSPS) is 14.1. The predicted molar refractivity (Wildman–Crippen MR) is 81.3 cm³/mol. The Morgan fingerprint density at radius 2 is 2.14 bits per heavy atom. The van der Waals surface area contributed by atoms with Gasteiger partial charge in [-0.1, -0.05) is 18.2 Å². The largest absolute Gasteiger partial charge is 0.439 e. The van der Waals surface area contributed by atoms with E-state index in [0.29, 0.717) is 18.5 Å². The molecule has 2 aromatic rings. The van der Waals surface area contributed by atoms with Gasteiger partial charge in [-0.05, 0) is 36.6 Å². The minimum absolute atomic E-state index is 0.579. The zero-order chi connectivity index (χ0) is 14.5. The van der Waals surface area contributed by atoms with E-state index in [2.05, 4.69) is 16.4 Å². The second-order valence-electron chi connectivity index (χ2n) is 5.31. The van der Waals surface area contributed by atoms with Crippen LogP contribution in [0.2, 0.25) is 0 Å². The Kier molecular flexibility index (Phi) is 4.48. The van der Waals surface area contributed by atoms with Crippen LogP contribution >= 0.6 is 0 Å². The molecule has 21 heavy (non-hydrogen) atoms. The molecule has 0 atom stereocenters. The number of pyridine rings is 1. The van der Waals surface area contributed by atoms with Gasteiger partial charge in [0.25, 0.3) is 0 Å². The van der Waals surface area contributed by atoms with Gasteiger partial charge in [-0.2, -0.15) is 0 Å². The van der Waals surface area contributed by atoms with E-state index >= 15 is 0 Å². The summed E-state index contributed by atoms with van der Waals surface area (Å²) in [5.41, 5.74) is 2.17. The first-order valence-corrected chi connectivity index (χ1v) is 7.28. The van der Waals surface area contributed by atoms with Crippen molar-refractivity contribution in [2.75, 3.05) is 7.11 Å². The highest BCUT2D eigenvalue weighted by molar-refractivity contribution is 5.34. The van der Waals surface area contributed by atoms with Crippen molar-refractivity contribution in [3.63, 3.8) is 0 Å². The Hall–Kier alpha value is -1.91. The number of nitrogens with one attached hydrogen (secondary N) is 1. The number of ether oxygens (including phenoxy) is 2. The van der Waals surface area contributed by atoms with E-state index in [1.807, 2.05) is 30.3 Å². The Labute approximate surface area is 125 Å². The Morgan fingerprint density at radius 3 is 2.95 bits per heavy atom. The third-order valence-electron chi connectivity index (χ3n) is 3.43. The number of aromatic nitrogens is 1.